The summed E-state index contributed by atoms with van der Waals surface area (Å²) in [5.41, 5.74) is 3.36. The molecule has 138 valence electrons. The molecule has 26 heavy (non-hydrogen) atoms. The van der Waals surface area contributed by atoms with Crippen LogP contribution in [0.25, 0.3) is 0 Å². The molecule has 2 aromatic rings. The van der Waals surface area contributed by atoms with Gasteiger partial charge in [-0.25, -0.2) is 0 Å². The summed E-state index contributed by atoms with van der Waals surface area (Å²) in [4.78, 5) is 11.1. The van der Waals surface area contributed by atoms with Crippen molar-refractivity contribution in [1.82, 2.24) is 15.6 Å². The number of nitrogens with zero attached hydrogens (tertiary/aromatic N) is 3. The monoisotopic (exact) mass is 353 g/mol. The molecule has 1 aliphatic heterocycles. The van der Waals surface area contributed by atoms with E-state index in [0.717, 1.165) is 42.6 Å². The molecule has 6 heteroatoms. The van der Waals surface area contributed by atoms with E-state index in [1.807, 2.05) is 30.5 Å². The number of methoxy groups -OCH3 is 1. The topological polar surface area (TPSA) is 61.8 Å². The smallest absolute Gasteiger partial charge is 0.191 e. The summed E-state index contributed by atoms with van der Waals surface area (Å²) >= 11 is 0. The van der Waals surface area contributed by atoms with Crippen molar-refractivity contribution in [2.45, 2.75) is 25.9 Å². The molecule has 0 saturated carbocycles. The molecular weight excluding hydrogens is 326 g/mol. The maximum atomic E-state index is 5.49. The van der Waals surface area contributed by atoms with Gasteiger partial charge in [0.15, 0.2) is 5.96 Å². The molecule has 1 saturated heterocycles. The van der Waals surface area contributed by atoms with Crippen LogP contribution in [0.15, 0.2) is 47.6 Å². The standard InChI is InChI=1S/C20H27N5O/c1-15-7-6-11-22-17(15)13-23-20(21-2)24-16-10-12-25(14-16)18-8-4-5-9-19(18)26-3/h4-9,11,16H,10,12-14H2,1-3H3,(H2,21,23,24). The number of nitrogens with one attached hydrogen (secondary N) is 2. The Kier molecular flexibility index (Phi) is 5.94. The Balaban J connectivity index is 1.56. The molecule has 1 atom stereocenters. The van der Waals surface area contributed by atoms with Crippen molar-refractivity contribution in [3.63, 3.8) is 0 Å². The van der Waals surface area contributed by atoms with Gasteiger partial charge in [-0.3, -0.25) is 9.98 Å². The molecule has 0 aliphatic carbocycles. The predicted octanol–water partition coefficient (Wildman–Crippen LogP) is 2.34. The Labute approximate surface area is 155 Å². The molecule has 3 rings (SSSR count). The second-order valence-corrected chi connectivity index (χ2v) is 6.44. The lowest BCUT2D eigenvalue weighted by molar-refractivity contribution is 0.415. The summed E-state index contributed by atoms with van der Waals surface area (Å²) in [6.07, 6.45) is 2.88. The first-order valence-corrected chi connectivity index (χ1v) is 8.97. The maximum absolute atomic E-state index is 5.49. The van der Waals surface area contributed by atoms with E-state index in [-0.39, 0.29) is 0 Å². The number of hydrogen-bond donors (Lipinski definition) is 2. The quantitative estimate of drug-likeness (QED) is 0.638. The number of ether oxygens (including phenoxy) is 1. The third kappa shape index (κ3) is 4.25. The highest BCUT2D eigenvalue weighted by atomic mass is 16.5. The normalized spacial score (nSPS) is 17.3. The van der Waals surface area contributed by atoms with E-state index in [9.17, 15) is 0 Å². The lowest BCUT2D eigenvalue weighted by Crippen LogP contribution is -2.44. The Hall–Kier alpha value is -2.76. The minimum Gasteiger partial charge on any atom is -0.495 e. The van der Waals surface area contributed by atoms with Gasteiger partial charge in [-0.05, 0) is 37.1 Å². The fourth-order valence-corrected chi connectivity index (χ4v) is 3.25. The van der Waals surface area contributed by atoms with Gasteiger partial charge in [0, 0.05) is 32.4 Å². The summed E-state index contributed by atoms with van der Waals surface area (Å²) in [5, 5.41) is 6.88. The molecule has 2 heterocycles. The summed E-state index contributed by atoms with van der Waals surface area (Å²) in [6, 6.07) is 12.5. The van der Waals surface area contributed by atoms with Crippen molar-refractivity contribution in [1.29, 1.82) is 0 Å². The Morgan fingerprint density at radius 1 is 1.31 bits per heavy atom. The van der Waals surface area contributed by atoms with E-state index < -0.39 is 0 Å². The van der Waals surface area contributed by atoms with Crippen LogP contribution in [0, 0.1) is 6.92 Å². The molecule has 6 nitrogen and oxygen atoms in total. The van der Waals surface area contributed by atoms with Crippen LogP contribution in [-0.4, -0.2) is 44.2 Å². The molecule has 0 amide bonds. The number of guanidine groups is 1. The first kappa shape index (κ1) is 18.0. The SMILES string of the molecule is CN=C(NCc1ncccc1C)NC1CCN(c2ccccc2OC)C1. The zero-order valence-corrected chi connectivity index (χ0v) is 15.7. The van der Waals surface area contributed by atoms with Gasteiger partial charge in [-0.15, -0.1) is 0 Å². The van der Waals surface area contributed by atoms with Gasteiger partial charge < -0.3 is 20.3 Å². The molecule has 2 N–H and O–H groups in total. The third-order valence-electron chi connectivity index (χ3n) is 4.72. The number of hydrogen-bond acceptors (Lipinski definition) is 4. The molecule has 1 aromatic heterocycles. The average molecular weight is 353 g/mol. The van der Waals surface area contributed by atoms with Gasteiger partial charge in [0.05, 0.1) is 25.0 Å². The van der Waals surface area contributed by atoms with Gasteiger partial charge in [-0.1, -0.05) is 18.2 Å². The van der Waals surface area contributed by atoms with E-state index in [0.29, 0.717) is 12.6 Å². The fraction of sp³-hybridized carbons (Fsp3) is 0.400. The number of aryl methyl sites for hydroxylation is 1. The van der Waals surface area contributed by atoms with Gasteiger partial charge in [0.2, 0.25) is 0 Å². The molecule has 1 unspecified atom stereocenters. The van der Waals surface area contributed by atoms with Gasteiger partial charge in [-0.2, -0.15) is 0 Å². The van der Waals surface area contributed by atoms with Crippen LogP contribution in [0.2, 0.25) is 0 Å². The predicted molar refractivity (Wildman–Crippen MR) is 106 cm³/mol. The molecule has 1 aliphatic rings. The molecule has 1 aromatic carbocycles. The van der Waals surface area contributed by atoms with E-state index >= 15 is 0 Å². The van der Waals surface area contributed by atoms with Crippen molar-refractivity contribution in [2.75, 3.05) is 32.1 Å². The Morgan fingerprint density at radius 2 is 2.15 bits per heavy atom. The van der Waals surface area contributed by atoms with Crippen molar-refractivity contribution >= 4 is 11.6 Å². The number of benzene rings is 1. The summed E-state index contributed by atoms with van der Waals surface area (Å²) in [5.74, 6) is 1.73. The highest BCUT2D eigenvalue weighted by Gasteiger charge is 2.25. The van der Waals surface area contributed by atoms with E-state index in [4.69, 9.17) is 4.74 Å². The summed E-state index contributed by atoms with van der Waals surface area (Å²) in [6.45, 7) is 4.65. The first-order valence-electron chi connectivity index (χ1n) is 8.97. The van der Waals surface area contributed by atoms with Crippen molar-refractivity contribution in [2.24, 2.45) is 4.99 Å². The van der Waals surface area contributed by atoms with Gasteiger partial charge >= 0.3 is 0 Å². The van der Waals surface area contributed by atoms with Crippen molar-refractivity contribution in [3.8, 4) is 5.75 Å². The zero-order chi connectivity index (χ0) is 18.4. The van der Waals surface area contributed by atoms with Crippen LogP contribution in [0.1, 0.15) is 17.7 Å². The minimum absolute atomic E-state index is 0.343. The van der Waals surface area contributed by atoms with E-state index in [1.165, 1.54) is 5.56 Å². The first-order chi connectivity index (χ1) is 12.7. The second kappa shape index (κ2) is 8.56. The number of aliphatic imine (C=N–C) groups is 1. The van der Waals surface area contributed by atoms with Crippen molar-refractivity contribution < 1.29 is 4.74 Å². The van der Waals surface area contributed by atoms with Crippen LogP contribution in [0.5, 0.6) is 5.75 Å². The average Bonchev–Trinajstić information content (AvgIpc) is 3.14. The maximum Gasteiger partial charge on any atom is 0.191 e. The lowest BCUT2D eigenvalue weighted by atomic mass is 10.2. The number of anilines is 1. The van der Waals surface area contributed by atoms with Gasteiger partial charge in [0.25, 0.3) is 0 Å². The molecule has 0 bridgehead atoms. The third-order valence-corrected chi connectivity index (χ3v) is 4.72. The zero-order valence-electron chi connectivity index (χ0n) is 15.7. The van der Waals surface area contributed by atoms with Crippen molar-refractivity contribution in [3.05, 3.63) is 53.9 Å². The largest absolute Gasteiger partial charge is 0.495 e. The Bertz CT molecular complexity index is 761. The highest BCUT2D eigenvalue weighted by molar-refractivity contribution is 5.80. The van der Waals surface area contributed by atoms with Crippen LogP contribution in [0.4, 0.5) is 5.69 Å². The summed E-state index contributed by atoms with van der Waals surface area (Å²) < 4.78 is 5.49. The van der Waals surface area contributed by atoms with Crippen LogP contribution in [-0.2, 0) is 6.54 Å². The van der Waals surface area contributed by atoms with Crippen LogP contribution >= 0.6 is 0 Å². The van der Waals surface area contributed by atoms with Crippen LogP contribution in [0.3, 0.4) is 0 Å². The summed E-state index contributed by atoms with van der Waals surface area (Å²) in [7, 11) is 3.52. The molecule has 1 fully saturated rings. The van der Waals surface area contributed by atoms with Crippen LogP contribution < -0.4 is 20.3 Å². The van der Waals surface area contributed by atoms with E-state index in [1.54, 1.807) is 14.2 Å². The minimum atomic E-state index is 0.343. The number of aromatic nitrogens is 1. The highest BCUT2D eigenvalue weighted by Crippen LogP contribution is 2.30. The molecule has 0 spiro atoms. The number of para-hydroxylation sites is 2. The van der Waals surface area contributed by atoms with Gasteiger partial charge in [0.1, 0.15) is 5.75 Å². The Morgan fingerprint density at radius 3 is 2.92 bits per heavy atom. The second-order valence-electron chi connectivity index (χ2n) is 6.44. The molecular formula is C20H27N5O. The van der Waals surface area contributed by atoms with E-state index in [2.05, 4.69) is 44.6 Å². The fourth-order valence-electron chi connectivity index (χ4n) is 3.25. The number of pyridine rings is 1. The number of rotatable bonds is 5. The lowest BCUT2D eigenvalue weighted by Gasteiger charge is -2.22. The molecule has 0 radical (unpaired) electrons.